The van der Waals surface area contributed by atoms with Crippen LogP contribution in [0.1, 0.15) is 6.42 Å². The molecule has 0 rings (SSSR count). The van der Waals surface area contributed by atoms with Gasteiger partial charge in [0.2, 0.25) is 0 Å². The van der Waals surface area contributed by atoms with Crippen molar-refractivity contribution in [1.29, 1.82) is 0 Å². The van der Waals surface area contributed by atoms with Crippen molar-refractivity contribution in [2.75, 3.05) is 6.61 Å². The van der Waals surface area contributed by atoms with Crippen LogP contribution in [0.15, 0.2) is 12.7 Å². The van der Waals surface area contributed by atoms with E-state index in [2.05, 4.69) is 6.58 Å². The van der Waals surface area contributed by atoms with Crippen molar-refractivity contribution >= 4 is 25.9 Å². The lowest BCUT2D eigenvalue weighted by Crippen LogP contribution is -2.01. The van der Waals surface area contributed by atoms with Crippen LogP contribution in [0.4, 0.5) is 0 Å². The summed E-state index contributed by atoms with van der Waals surface area (Å²) < 4.78 is 4.70. The third-order valence-corrected chi connectivity index (χ3v) is 2.51. The largest absolute Gasteiger partial charge is 0.463 e. The van der Waals surface area contributed by atoms with Gasteiger partial charge in [-0.05, 0) is 12.5 Å². The van der Waals surface area contributed by atoms with E-state index in [1.54, 1.807) is 0 Å². The smallest absolute Gasteiger partial charge is 0.330 e. The first kappa shape index (κ1) is 9.72. The number of rotatable bonds is 5. The van der Waals surface area contributed by atoms with Gasteiger partial charge in [0.1, 0.15) is 8.83 Å². The molecule has 0 unspecified atom stereocenters. The van der Waals surface area contributed by atoms with Gasteiger partial charge in [-0.25, -0.2) is 4.79 Å². The molecule has 0 saturated carbocycles. The van der Waals surface area contributed by atoms with E-state index in [4.69, 9.17) is 15.8 Å². The number of hydrogen-bond acceptors (Lipinski definition) is 2. The van der Waals surface area contributed by atoms with E-state index in [1.807, 2.05) is 0 Å². The Morgan fingerprint density at radius 2 is 2.50 bits per heavy atom. The summed E-state index contributed by atoms with van der Waals surface area (Å²) in [6, 6.07) is 1.02. The molecule has 4 heteroatoms. The van der Waals surface area contributed by atoms with Crippen molar-refractivity contribution < 1.29 is 9.53 Å². The average molecular weight is 179 g/mol. The van der Waals surface area contributed by atoms with Gasteiger partial charge in [0.05, 0.1) is 6.61 Å². The number of hydrogen-bond donors (Lipinski definition) is 0. The Bertz CT molecular complexity index is 116. The first-order valence-corrected chi connectivity index (χ1v) is 6.30. The second-order valence-corrected chi connectivity index (χ2v) is 3.99. The third-order valence-electron chi connectivity index (χ3n) is 0.939. The lowest BCUT2D eigenvalue weighted by atomic mass is 10.5. The lowest BCUT2D eigenvalue weighted by Gasteiger charge is -1.98. The van der Waals surface area contributed by atoms with Crippen molar-refractivity contribution in [1.82, 2.24) is 0 Å². The highest BCUT2D eigenvalue weighted by atomic mass is 35.6. The number of carbonyl (C=O) groups excluding carboxylic acids is 1. The van der Waals surface area contributed by atoms with Crippen LogP contribution in [0.25, 0.3) is 0 Å². The zero-order valence-corrected chi connectivity index (χ0v) is 7.98. The van der Waals surface area contributed by atoms with Gasteiger partial charge in [0, 0.05) is 6.08 Å². The van der Waals surface area contributed by atoms with Gasteiger partial charge in [0.15, 0.2) is 0 Å². The summed E-state index contributed by atoms with van der Waals surface area (Å²) in [5.74, 6) is -0.351. The Kier molecular flexibility index (Phi) is 6.64. The molecule has 0 aliphatic heterocycles. The molecular weight excluding hydrogens is 168 g/mol. The molecule has 0 radical (unpaired) electrons. The Hall–Kier alpha value is -0.283. The van der Waals surface area contributed by atoms with Crippen LogP contribution in [0.3, 0.4) is 0 Å². The van der Waals surface area contributed by atoms with Gasteiger partial charge in [0.25, 0.3) is 0 Å². The van der Waals surface area contributed by atoms with Crippen molar-refractivity contribution in [2.24, 2.45) is 0 Å². The molecule has 0 aliphatic rings. The summed E-state index contributed by atoms with van der Waals surface area (Å²) in [7, 11) is -0.382. The molecule has 0 bridgehead atoms. The molecule has 0 aromatic heterocycles. The highest BCUT2D eigenvalue weighted by molar-refractivity contribution is 6.93. The highest BCUT2D eigenvalue weighted by Crippen LogP contribution is 1.92. The van der Waals surface area contributed by atoms with Crippen LogP contribution in [-0.4, -0.2) is 21.4 Å². The molecule has 2 nitrogen and oxygen atoms in total. The van der Waals surface area contributed by atoms with Crippen LogP contribution in [0, 0.1) is 0 Å². The summed E-state index contributed by atoms with van der Waals surface area (Å²) in [4.78, 5) is 10.4. The summed E-state index contributed by atoms with van der Waals surface area (Å²) in [5, 5.41) is 0. The molecule has 10 heavy (non-hydrogen) atoms. The fourth-order valence-corrected chi connectivity index (χ4v) is 1.39. The quantitative estimate of drug-likeness (QED) is 0.205. The average Bonchev–Trinajstić information content (AvgIpc) is 1.98. The van der Waals surface area contributed by atoms with Gasteiger partial charge in [-0.1, -0.05) is 6.58 Å². The zero-order valence-electron chi connectivity index (χ0n) is 5.81. The van der Waals surface area contributed by atoms with Crippen LogP contribution in [-0.2, 0) is 9.53 Å². The van der Waals surface area contributed by atoms with Crippen molar-refractivity contribution in [3.8, 4) is 0 Å². The van der Waals surface area contributed by atoms with E-state index >= 15 is 0 Å². The predicted octanol–water partition coefficient (Wildman–Crippen LogP) is 0.847. The lowest BCUT2D eigenvalue weighted by molar-refractivity contribution is -0.137. The van der Waals surface area contributed by atoms with Crippen molar-refractivity contribution in [3.05, 3.63) is 12.7 Å². The second kappa shape index (κ2) is 6.83. The summed E-state index contributed by atoms with van der Waals surface area (Å²) >= 11 is 5.53. The number of halogens is 1. The molecule has 0 spiro atoms. The molecule has 0 aromatic carbocycles. The van der Waals surface area contributed by atoms with E-state index in [1.165, 1.54) is 0 Å². The molecule has 0 aliphatic carbocycles. The van der Waals surface area contributed by atoms with Crippen LogP contribution in [0.2, 0.25) is 6.04 Å². The topological polar surface area (TPSA) is 26.3 Å². The van der Waals surface area contributed by atoms with E-state index in [-0.39, 0.29) is 14.8 Å². The maximum Gasteiger partial charge on any atom is 0.330 e. The van der Waals surface area contributed by atoms with Gasteiger partial charge in [-0.2, -0.15) is 11.1 Å². The monoisotopic (exact) mass is 178 g/mol. The van der Waals surface area contributed by atoms with Crippen LogP contribution in [0.5, 0.6) is 0 Å². The Morgan fingerprint density at radius 1 is 1.80 bits per heavy atom. The van der Waals surface area contributed by atoms with Gasteiger partial charge in [-0.15, -0.1) is 0 Å². The third kappa shape index (κ3) is 5.85. The fourth-order valence-electron chi connectivity index (χ4n) is 0.428. The normalized spacial score (nSPS) is 10.1. The van der Waals surface area contributed by atoms with Crippen LogP contribution >= 0.6 is 11.1 Å². The summed E-state index contributed by atoms with van der Waals surface area (Å²) in [5.41, 5.74) is 0. The number of carbonyl (C=O) groups is 1. The molecule has 58 valence electrons. The molecule has 0 amide bonds. The van der Waals surface area contributed by atoms with E-state index in [9.17, 15) is 4.79 Å². The Morgan fingerprint density at radius 3 is 3.00 bits per heavy atom. The number of esters is 1. The molecular formula is C6H11ClO2Si. The molecule has 0 fully saturated rings. The fraction of sp³-hybridized carbons (Fsp3) is 0.500. The summed E-state index contributed by atoms with van der Waals surface area (Å²) in [6.45, 7) is 3.74. The first-order chi connectivity index (χ1) is 4.81. The maximum absolute atomic E-state index is 10.4. The zero-order chi connectivity index (χ0) is 7.82. The minimum Gasteiger partial charge on any atom is -0.463 e. The van der Waals surface area contributed by atoms with Gasteiger partial charge >= 0.3 is 5.97 Å². The van der Waals surface area contributed by atoms with Gasteiger partial charge < -0.3 is 4.74 Å². The molecule has 0 heterocycles. The highest BCUT2D eigenvalue weighted by Gasteiger charge is 1.93. The molecule has 0 N–H and O–H groups in total. The molecule has 0 saturated heterocycles. The Balaban J connectivity index is 3.03. The Labute approximate surface area is 67.7 Å². The number of ether oxygens (including phenoxy) is 1. The molecule has 0 aromatic rings. The maximum atomic E-state index is 10.4. The van der Waals surface area contributed by atoms with Crippen LogP contribution < -0.4 is 0 Å². The SMILES string of the molecule is C=CC(=O)OCCC[SiH2]Cl. The predicted molar refractivity (Wildman–Crippen MR) is 45.0 cm³/mol. The standard InChI is InChI=1S/C6H11ClO2Si/c1-2-6(8)9-4-3-5-10-7/h2H,1,3-5,10H2. The van der Waals surface area contributed by atoms with E-state index in [0.717, 1.165) is 18.5 Å². The minimum absolute atomic E-state index is 0.351. The van der Waals surface area contributed by atoms with Gasteiger partial charge in [-0.3, -0.25) is 0 Å². The van der Waals surface area contributed by atoms with E-state index < -0.39 is 0 Å². The van der Waals surface area contributed by atoms with E-state index in [0.29, 0.717) is 6.61 Å². The second-order valence-electron chi connectivity index (χ2n) is 1.77. The summed E-state index contributed by atoms with van der Waals surface area (Å²) in [6.07, 6.45) is 2.05. The minimum atomic E-state index is -0.382. The molecule has 0 atom stereocenters. The first-order valence-electron chi connectivity index (χ1n) is 3.16. The van der Waals surface area contributed by atoms with Crippen molar-refractivity contribution in [3.63, 3.8) is 0 Å². The van der Waals surface area contributed by atoms with Crippen molar-refractivity contribution in [2.45, 2.75) is 12.5 Å².